The lowest BCUT2D eigenvalue weighted by molar-refractivity contribution is -0.121. The van der Waals surface area contributed by atoms with Gasteiger partial charge in [0.15, 0.2) is 0 Å². The van der Waals surface area contributed by atoms with Crippen LogP contribution in [-0.2, 0) is 14.8 Å². The second-order valence-corrected chi connectivity index (χ2v) is 7.22. The minimum atomic E-state index is -3.71. The second kappa shape index (κ2) is 7.60. The van der Waals surface area contributed by atoms with Gasteiger partial charge in [0.25, 0.3) is 0 Å². The van der Waals surface area contributed by atoms with Gasteiger partial charge < -0.3 is 10.1 Å². The number of carbonyl (C=O) groups is 1. The number of carbonyl (C=O) groups excluding carboxylic acids is 1. The molecule has 1 rings (SSSR count). The fourth-order valence-electron chi connectivity index (χ4n) is 2.05. The standard InChI is InChI=1S/C15H24N2O4S/c1-6-17(10-15(18)16-11(2)3)22(19,20)13-7-8-14(21-5)12(4)9-13/h7-9,11H,6,10H2,1-5H3,(H,16,18). The zero-order valence-electron chi connectivity index (χ0n) is 13.7. The lowest BCUT2D eigenvalue weighted by Crippen LogP contribution is -2.42. The summed E-state index contributed by atoms with van der Waals surface area (Å²) in [6.45, 7) is 7.17. The molecule has 0 fully saturated rings. The highest BCUT2D eigenvalue weighted by atomic mass is 32.2. The Morgan fingerprint density at radius 3 is 2.45 bits per heavy atom. The Labute approximate surface area is 132 Å². The zero-order valence-corrected chi connectivity index (χ0v) is 14.5. The third kappa shape index (κ3) is 4.45. The molecule has 0 aliphatic rings. The van der Waals surface area contributed by atoms with Gasteiger partial charge in [-0.2, -0.15) is 4.31 Å². The van der Waals surface area contributed by atoms with Crippen LogP contribution in [0.5, 0.6) is 5.75 Å². The molecule has 6 nitrogen and oxygen atoms in total. The van der Waals surface area contributed by atoms with E-state index in [9.17, 15) is 13.2 Å². The number of nitrogens with one attached hydrogen (secondary N) is 1. The molecular formula is C15H24N2O4S. The van der Waals surface area contributed by atoms with Crippen LogP contribution in [0.15, 0.2) is 23.1 Å². The average molecular weight is 328 g/mol. The van der Waals surface area contributed by atoms with Crippen molar-refractivity contribution in [3.05, 3.63) is 23.8 Å². The van der Waals surface area contributed by atoms with E-state index in [1.54, 1.807) is 26.0 Å². The first-order valence-corrected chi connectivity index (χ1v) is 8.60. The molecule has 7 heteroatoms. The topological polar surface area (TPSA) is 75.7 Å². The van der Waals surface area contributed by atoms with E-state index in [1.165, 1.54) is 13.2 Å². The number of sulfonamides is 1. The van der Waals surface area contributed by atoms with E-state index in [4.69, 9.17) is 4.74 Å². The number of amides is 1. The second-order valence-electron chi connectivity index (χ2n) is 5.28. The van der Waals surface area contributed by atoms with E-state index >= 15 is 0 Å². The van der Waals surface area contributed by atoms with Crippen LogP contribution in [0.2, 0.25) is 0 Å². The number of likely N-dealkylation sites (N-methyl/N-ethyl adjacent to an activating group) is 1. The summed E-state index contributed by atoms with van der Waals surface area (Å²) in [5.41, 5.74) is 0.728. The number of ether oxygens (including phenoxy) is 1. The van der Waals surface area contributed by atoms with E-state index in [0.717, 1.165) is 9.87 Å². The number of nitrogens with zero attached hydrogens (tertiary/aromatic N) is 1. The normalized spacial score (nSPS) is 11.8. The van der Waals surface area contributed by atoms with Gasteiger partial charge >= 0.3 is 0 Å². The lowest BCUT2D eigenvalue weighted by Gasteiger charge is -2.21. The maximum absolute atomic E-state index is 12.6. The largest absolute Gasteiger partial charge is 0.496 e. The highest BCUT2D eigenvalue weighted by molar-refractivity contribution is 7.89. The van der Waals surface area contributed by atoms with Gasteiger partial charge in [-0.3, -0.25) is 4.79 Å². The van der Waals surface area contributed by atoms with E-state index in [-0.39, 0.29) is 29.9 Å². The SMILES string of the molecule is CCN(CC(=O)NC(C)C)S(=O)(=O)c1ccc(OC)c(C)c1. The van der Waals surface area contributed by atoms with E-state index in [2.05, 4.69) is 5.32 Å². The first kappa shape index (κ1) is 18.4. The van der Waals surface area contributed by atoms with Gasteiger partial charge in [-0.25, -0.2) is 8.42 Å². The molecule has 0 bridgehead atoms. The molecule has 0 saturated carbocycles. The fourth-order valence-corrected chi connectivity index (χ4v) is 3.55. The molecular weight excluding hydrogens is 304 g/mol. The molecule has 0 saturated heterocycles. The molecule has 0 atom stereocenters. The molecule has 0 aliphatic heterocycles. The third-order valence-electron chi connectivity index (χ3n) is 3.13. The Kier molecular flexibility index (Phi) is 6.37. The molecule has 124 valence electrons. The van der Waals surface area contributed by atoms with Gasteiger partial charge in [-0.05, 0) is 44.5 Å². The van der Waals surface area contributed by atoms with Gasteiger partial charge in [-0.15, -0.1) is 0 Å². The predicted molar refractivity (Wildman–Crippen MR) is 85.4 cm³/mol. The minimum absolute atomic E-state index is 0.0304. The number of methoxy groups -OCH3 is 1. The molecule has 0 heterocycles. The van der Waals surface area contributed by atoms with Gasteiger partial charge in [-0.1, -0.05) is 6.92 Å². The van der Waals surface area contributed by atoms with Crippen molar-refractivity contribution in [1.29, 1.82) is 0 Å². The minimum Gasteiger partial charge on any atom is -0.496 e. The molecule has 0 aromatic heterocycles. The number of rotatable bonds is 7. The number of hydrogen-bond donors (Lipinski definition) is 1. The van der Waals surface area contributed by atoms with E-state index in [0.29, 0.717) is 5.75 Å². The van der Waals surface area contributed by atoms with Crippen LogP contribution in [-0.4, -0.2) is 44.9 Å². The van der Waals surface area contributed by atoms with Crippen LogP contribution in [0.1, 0.15) is 26.3 Å². The molecule has 1 aromatic rings. The monoisotopic (exact) mass is 328 g/mol. The van der Waals surface area contributed by atoms with Crippen LogP contribution < -0.4 is 10.1 Å². The number of hydrogen-bond acceptors (Lipinski definition) is 4. The van der Waals surface area contributed by atoms with Gasteiger partial charge in [0.1, 0.15) is 5.75 Å². The molecule has 1 aromatic carbocycles. The van der Waals surface area contributed by atoms with Crippen molar-refractivity contribution in [2.75, 3.05) is 20.2 Å². The Hall–Kier alpha value is -1.60. The Balaban J connectivity index is 3.04. The first-order valence-electron chi connectivity index (χ1n) is 7.16. The van der Waals surface area contributed by atoms with Gasteiger partial charge in [0, 0.05) is 12.6 Å². The molecule has 0 aliphatic carbocycles. The third-order valence-corrected chi connectivity index (χ3v) is 5.04. The summed E-state index contributed by atoms with van der Waals surface area (Å²) in [6, 6.07) is 4.63. The van der Waals surface area contributed by atoms with Crippen molar-refractivity contribution < 1.29 is 17.9 Å². The quantitative estimate of drug-likeness (QED) is 0.824. The van der Waals surface area contributed by atoms with Crippen LogP contribution in [0, 0.1) is 6.92 Å². The smallest absolute Gasteiger partial charge is 0.243 e. The van der Waals surface area contributed by atoms with Crippen LogP contribution >= 0.6 is 0 Å². The maximum atomic E-state index is 12.6. The van der Waals surface area contributed by atoms with Crippen molar-refractivity contribution in [2.24, 2.45) is 0 Å². The van der Waals surface area contributed by atoms with Crippen molar-refractivity contribution >= 4 is 15.9 Å². The highest BCUT2D eigenvalue weighted by Gasteiger charge is 2.25. The van der Waals surface area contributed by atoms with Crippen molar-refractivity contribution in [1.82, 2.24) is 9.62 Å². The molecule has 0 spiro atoms. The highest BCUT2D eigenvalue weighted by Crippen LogP contribution is 2.23. The van der Waals surface area contributed by atoms with Gasteiger partial charge in [0.05, 0.1) is 18.6 Å². The summed E-state index contributed by atoms with van der Waals surface area (Å²) in [6.07, 6.45) is 0. The Morgan fingerprint density at radius 2 is 2.00 bits per heavy atom. The zero-order chi connectivity index (χ0) is 16.9. The summed E-state index contributed by atoms with van der Waals surface area (Å²) in [5, 5.41) is 2.70. The molecule has 1 N–H and O–H groups in total. The van der Waals surface area contributed by atoms with E-state index < -0.39 is 10.0 Å². The van der Waals surface area contributed by atoms with Crippen molar-refractivity contribution in [3.63, 3.8) is 0 Å². The summed E-state index contributed by atoms with van der Waals surface area (Å²) in [5.74, 6) is 0.310. The lowest BCUT2D eigenvalue weighted by atomic mass is 10.2. The Morgan fingerprint density at radius 1 is 1.36 bits per heavy atom. The maximum Gasteiger partial charge on any atom is 0.243 e. The summed E-state index contributed by atoms with van der Waals surface area (Å²) in [4.78, 5) is 12.0. The summed E-state index contributed by atoms with van der Waals surface area (Å²) >= 11 is 0. The Bertz CT molecular complexity index is 626. The van der Waals surface area contributed by atoms with E-state index in [1.807, 2.05) is 13.8 Å². The van der Waals surface area contributed by atoms with Crippen LogP contribution in [0.3, 0.4) is 0 Å². The first-order chi connectivity index (χ1) is 10.2. The van der Waals surface area contributed by atoms with Crippen molar-refractivity contribution in [2.45, 2.75) is 38.6 Å². The molecule has 1 amide bonds. The molecule has 22 heavy (non-hydrogen) atoms. The molecule has 0 unspecified atom stereocenters. The van der Waals surface area contributed by atoms with Crippen LogP contribution in [0.25, 0.3) is 0 Å². The molecule has 0 radical (unpaired) electrons. The van der Waals surface area contributed by atoms with Gasteiger partial charge in [0.2, 0.25) is 15.9 Å². The summed E-state index contributed by atoms with van der Waals surface area (Å²) in [7, 11) is -2.18. The summed E-state index contributed by atoms with van der Waals surface area (Å²) < 4.78 is 31.6. The van der Waals surface area contributed by atoms with Crippen molar-refractivity contribution in [3.8, 4) is 5.75 Å². The fraction of sp³-hybridized carbons (Fsp3) is 0.533. The predicted octanol–water partition coefficient (Wildman–Crippen LogP) is 1.54. The number of aryl methyl sites for hydroxylation is 1. The average Bonchev–Trinajstić information content (AvgIpc) is 2.43. The van der Waals surface area contributed by atoms with Crippen LogP contribution in [0.4, 0.5) is 0 Å². The number of benzene rings is 1.